The van der Waals surface area contributed by atoms with E-state index in [1.807, 2.05) is 13.8 Å². The zero-order valence-corrected chi connectivity index (χ0v) is 9.62. The monoisotopic (exact) mass is 245 g/mol. The zero-order valence-electron chi connectivity index (χ0n) is 8.80. The second kappa shape index (κ2) is 3.73. The fourth-order valence-electron chi connectivity index (χ4n) is 1.37. The van der Waals surface area contributed by atoms with Crippen LogP contribution in [0.5, 0.6) is 0 Å². The van der Waals surface area contributed by atoms with Crippen LogP contribution >= 0.6 is 11.3 Å². The molecule has 2 rings (SSSR count). The van der Waals surface area contributed by atoms with Crippen molar-refractivity contribution in [1.82, 2.24) is 4.98 Å². The Morgan fingerprint density at radius 3 is 2.50 bits per heavy atom. The highest BCUT2D eigenvalue weighted by Gasteiger charge is 2.30. The van der Waals surface area contributed by atoms with Gasteiger partial charge in [-0.2, -0.15) is 13.2 Å². The minimum Gasteiger partial charge on any atom is -0.241 e. The Bertz CT molecular complexity index is 513. The van der Waals surface area contributed by atoms with Crippen molar-refractivity contribution in [2.75, 3.05) is 0 Å². The lowest BCUT2D eigenvalue weighted by molar-refractivity contribution is -0.137. The van der Waals surface area contributed by atoms with Crippen LogP contribution in [0.3, 0.4) is 0 Å². The van der Waals surface area contributed by atoms with Gasteiger partial charge >= 0.3 is 6.18 Å². The molecule has 0 aliphatic carbocycles. The summed E-state index contributed by atoms with van der Waals surface area (Å²) in [6.45, 7) is 3.95. The third-order valence-electron chi connectivity index (χ3n) is 2.23. The SMILES string of the molecule is CC(C)c1nc2ccc(C(F)(F)F)cc2s1. The van der Waals surface area contributed by atoms with Crippen LogP contribution in [0.2, 0.25) is 0 Å². The first-order valence-corrected chi connectivity index (χ1v) is 5.67. The molecule has 0 N–H and O–H groups in total. The fraction of sp³-hybridized carbons (Fsp3) is 0.364. The van der Waals surface area contributed by atoms with Crippen LogP contribution in [0.15, 0.2) is 18.2 Å². The third-order valence-corrected chi connectivity index (χ3v) is 3.54. The number of hydrogen-bond acceptors (Lipinski definition) is 2. The van der Waals surface area contributed by atoms with Crippen LogP contribution in [0.1, 0.15) is 30.3 Å². The Hall–Kier alpha value is -1.10. The first-order chi connectivity index (χ1) is 7.38. The van der Waals surface area contributed by atoms with Crippen LogP contribution in [0.25, 0.3) is 10.2 Å². The van der Waals surface area contributed by atoms with Crippen LogP contribution in [0, 0.1) is 0 Å². The maximum Gasteiger partial charge on any atom is 0.416 e. The van der Waals surface area contributed by atoms with Crippen molar-refractivity contribution in [3.05, 3.63) is 28.8 Å². The minimum atomic E-state index is -4.28. The lowest BCUT2D eigenvalue weighted by atomic mass is 10.2. The normalized spacial score (nSPS) is 12.6. The summed E-state index contributed by atoms with van der Waals surface area (Å²) in [6, 6.07) is 3.67. The molecule has 0 amide bonds. The molecule has 1 heterocycles. The van der Waals surface area contributed by atoms with Crippen LogP contribution in [0.4, 0.5) is 13.2 Å². The number of rotatable bonds is 1. The van der Waals surface area contributed by atoms with Gasteiger partial charge in [-0.1, -0.05) is 13.8 Å². The Labute approximate surface area is 94.9 Å². The summed E-state index contributed by atoms with van der Waals surface area (Å²) >= 11 is 1.32. The Kier molecular flexibility index (Phi) is 2.66. The van der Waals surface area contributed by atoms with E-state index in [9.17, 15) is 13.2 Å². The average molecular weight is 245 g/mol. The van der Waals surface area contributed by atoms with E-state index >= 15 is 0 Å². The molecule has 0 aliphatic rings. The summed E-state index contributed by atoms with van der Waals surface area (Å²) in [5.41, 5.74) is 0.0284. The number of alkyl halides is 3. The topological polar surface area (TPSA) is 12.9 Å². The molecule has 0 atom stereocenters. The largest absolute Gasteiger partial charge is 0.416 e. The predicted octanol–water partition coefficient (Wildman–Crippen LogP) is 4.44. The van der Waals surface area contributed by atoms with Gasteiger partial charge in [0.2, 0.25) is 0 Å². The van der Waals surface area contributed by atoms with Gasteiger partial charge in [-0.3, -0.25) is 0 Å². The number of fused-ring (bicyclic) bond motifs is 1. The van der Waals surface area contributed by atoms with Crippen molar-refractivity contribution in [3.8, 4) is 0 Å². The average Bonchev–Trinajstić information content (AvgIpc) is 2.58. The molecule has 0 radical (unpaired) electrons. The molecule has 16 heavy (non-hydrogen) atoms. The molecule has 1 aromatic heterocycles. The van der Waals surface area contributed by atoms with Gasteiger partial charge in [-0.15, -0.1) is 11.3 Å². The third kappa shape index (κ3) is 2.04. The van der Waals surface area contributed by atoms with Crippen molar-refractivity contribution in [2.45, 2.75) is 25.9 Å². The molecule has 1 aromatic carbocycles. The molecular formula is C11H10F3NS. The summed E-state index contributed by atoms with van der Waals surface area (Å²) in [4.78, 5) is 4.29. The zero-order chi connectivity index (χ0) is 11.9. The van der Waals surface area contributed by atoms with Gasteiger partial charge in [-0.25, -0.2) is 4.98 Å². The Morgan fingerprint density at radius 2 is 1.94 bits per heavy atom. The molecular weight excluding hydrogens is 235 g/mol. The van der Waals surface area contributed by atoms with Crippen molar-refractivity contribution >= 4 is 21.6 Å². The highest BCUT2D eigenvalue weighted by Crippen LogP contribution is 2.34. The van der Waals surface area contributed by atoms with Crippen LogP contribution in [-0.2, 0) is 6.18 Å². The van der Waals surface area contributed by atoms with Gasteiger partial charge in [0.05, 0.1) is 20.8 Å². The molecule has 86 valence electrons. The number of thiazole rings is 1. The minimum absolute atomic E-state index is 0.242. The number of nitrogens with zero attached hydrogens (tertiary/aromatic N) is 1. The van der Waals surface area contributed by atoms with E-state index < -0.39 is 11.7 Å². The Balaban J connectivity index is 2.54. The molecule has 0 bridgehead atoms. The van der Waals surface area contributed by atoms with Gasteiger partial charge < -0.3 is 0 Å². The summed E-state index contributed by atoms with van der Waals surface area (Å²) in [5, 5.41) is 0.870. The van der Waals surface area contributed by atoms with E-state index in [1.165, 1.54) is 23.5 Å². The lowest BCUT2D eigenvalue weighted by Gasteiger charge is -2.04. The number of benzene rings is 1. The van der Waals surface area contributed by atoms with Gasteiger partial charge in [-0.05, 0) is 18.2 Å². The summed E-state index contributed by atoms with van der Waals surface area (Å²) in [7, 11) is 0. The summed E-state index contributed by atoms with van der Waals surface area (Å²) in [6.07, 6.45) is -4.28. The van der Waals surface area contributed by atoms with Crippen molar-refractivity contribution in [1.29, 1.82) is 0 Å². The van der Waals surface area contributed by atoms with Gasteiger partial charge in [0, 0.05) is 5.92 Å². The highest BCUT2D eigenvalue weighted by atomic mass is 32.1. The first-order valence-electron chi connectivity index (χ1n) is 4.85. The first kappa shape index (κ1) is 11.4. The molecule has 5 heteroatoms. The van der Waals surface area contributed by atoms with Crippen molar-refractivity contribution in [2.24, 2.45) is 0 Å². The smallest absolute Gasteiger partial charge is 0.241 e. The highest BCUT2D eigenvalue weighted by molar-refractivity contribution is 7.18. The standard InChI is InChI=1S/C11H10F3NS/c1-6(2)10-15-8-4-3-7(11(12,13)14)5-9(8)16-10/h3-6H,1-2H3. The Morgan fingerprint density at radius 1 is 1.25 bits per heavy atom. The van der Waals surface area contributed by atoms with Crippen LogP contribution in [-0.4, -0.2) is 4.98 Å². The van der Waals surface area contributed by atoms with Crippen LogP contribution < -0.4 is 0 Å². The lowest BCUT2D eigenvalue weighted by Crippen LogP contribution is -2.03. The fourth-order valence-corrected chi connectivity index (χ4v) is 2.37. The van der Waals surface area contributed by atoms with Crippen molar-refractivity contribution in [3.63, 3.8) is 0 Å². The summed E-state index contributed by atoms with van der Waals surface area (Å²) < 4.78 is 38.0. The molecule has 0 spiro atoms. The molecule has 0 saturated carbocycles. The van der Waals surface area contributed by atoms with Gasteiger partial charge in [0.25, 0.3) is 0 Å². The van der Waals surface area contributed by atoms with E-state index in [2.05, 4.69) is 4.98 Å². The molecule has 0 saturated heterocycles. The molecule has 0 unspecified atom stereocenters. The van der Waals surface area contributed by atoms with Crippen molar-refractivity contribution < 1.29 is 13.2 Å². The van der Waals surface area contributed by atoms with E-state index in [1.54, 1.807) is 0 Å². The van der Waals surface area contributed by atoms with E-state index in [0.29, 0.717) is 10.2 Å². The van der Waals surface area contributed by atoms with Gasteiger partial charge in [0.1, 0.15) is 0 Å². The quantitative estimate of drug-likeness (QED) is 0.723. The molecule has 1 nitrogen and oxygen atoms in total. The second-order valence-electron chi connectivity index (χ2n) is 3.89. The maximum atomic E-state index is 12.5. The maximum absolute atomic E-state index is 12.5. The number of aromatic nitrogens is 1. The van der Waals surface area contributed by atoms with E-state index in [0.717, 1.165) is 11.1 Å². The predicted molar refractivity (Wildman–Crippen MR) is 58.7 cm³/mol. The molecule has 0 fully saturated rings. The number of hydrogen-bond donors (Lipinski definition) is 0. The van der Waals surface area contributed by atoms with E-state index in [4.69, 9.17) is 0 Å². The van der Waals surface area contributed by atoms with E-state index in [-0.39, 0.29) is 5.92 Å². The molecule has 2 aromatic rings. The molecule has 0 aliphatic heterocycles. The van der Waals surface area contributed by atoms with Gasteiger partial charge in [0.15, 0.2) is 0 Å². The summed E-state index contributed by atoms with van der Waals surface area (Å²) in [5.74, 6) is 0.242. The number of halogens is 3. The second-order valence-corrected chi connectivity index (χ2v) is 4.95.